The van der Waals surface area contributed by atoms with E-state index in [2.05, 4.69) is 4.72 Å². The van der Waals surface area contributed by atoms with Crippen LogP contribution in [0.5, 0.6) is 5.75 Å². The third-order valence-electron chi connectivity index (χ3n) is 5.59. The number of aryl methyl sites for hydroxylation is 1. The Morgan fingerprint density at radius 3 is 2.53 bits per heavy atom. The zero-order valence-corrected chi connectivity index (χ0v) is 18.9. The molecule has 4 rings (SSSR count). The van der Waals surface area contributed by atoms with Crippen LogP contribution in [-0.2, 0) is 27.8 Å². The highest BCUT2D eigenvalue weighted by molar-refractivity contribution is 7.89. The Kier molecular flexibility index (Phi) is 6.30. The predicted octanol–water partition coefficient (Wildman–Crippen LogP) is 3.83. The minimum atomic E-state index is -3.66. The predicted molar refractivity (Wildman–Crippen MR) is 124 cm³/mol. The molecule has 0 bridgehead atoms. The fourth-order valence-corrected chi connectivity index (χ4v) is 5.07. The van der Waals surface area contributed by atoms with Crippen LogP contribution in [0.2, 0.25) is 0 Å². The van der Waals surface area contributed by atoms with E-state index in [1.54, 1.807) is 24.0 Å². The summed E-state index contributed by atoms with van der Waals surface area (Å²) in [6.45, 7) is 3.89. The van der Waals surface area contributed by atoms with Crippen molar-refractivity contribution in [3.8, 4) is 5.75 Å². The lowest BCUT2D eigenvalue weighted by Gasteiger charge is -2.23. The first kappa shape index (κ1) is 22.0. The molecule has 0 saturated carbocycles. The molecule has 1 heterocycles. The summed E-state index contributed by atoms with van der Waals surface area (Å²) < 4.78 is 33.7. The summed E-state index contributed by atoms with van der Waals surface area (Å²) in [4.78, 5) is 14.8. The molecule has 1 N–H and O–H groups in total. The maximum absolute atomic E-state index is 12.8. The van der Waals surface area contributed by atoms with Gasteiger partial charge < -0.3 is 9.64 Å². The van der Waals surface area contributed by atoms with Gasteiger partial charge in [0.05, 0.1) is 4.90 Å². The molecule has 7 heteroatoms. The Hall–Kier alpha value is -3.16. The van der Waals surface area contributed by atoms with Crippen molar-refractivity contribution in [3.63, 3.8) is 0 Å². The van der Waals surface area contributed by atoms with Gasteiger partial charge in [0.2, 0.25) is 10.0 Å². The third-order valence-corrected chi connectivity index (χ3v) is 6.99. The van der Waals surface area contributed by atoms with Crippen molar-refractivity contribution >= 4 is 21.6 Å². The standard InChI is InChI=1S/C25H26N2O4S/c1-18-14-22(32(29,30)26-16-20-8-4-3-5-9-20)12-13-24(18)31-17-25(28)27-19(2)15-21-10-6-7-11-23(21)27/h3-14,19,26H,15-17H2,1-2H3/t19-/m1/s1. The van der Waals surface area contributed by atoms with Crippen LogP contribution >= 0.6 is 0 Å². The average molecular weight is 451 g/mol. The molecule has 1 aliphatic heterocycles. The molecule has 0 fully saturated rings. The van der Waals surface area contributed by atoms with Crippen molar-refractivity contribution in [2.24, 2.45) is 0 Å². The van der Waals surface area contributed by atoms with E-state index in [0.29, 0.717) is 11.3 Å². The number of hydrogen-bond donors (Lipinski definition) is 1. The van der Waals surface area contributed by atoms with Crippen LogP contribution in [0.15, 0.2) is 77.7 Å². The normalized spacial score (nSPS) is 15.4. The van der Waals surface area contributed by atoms with Gasteiger partial charge in [-0.25, -0.2) is 13.1 Å². The van der Waals surface area contributed by atoms with Crippen molar-refractivity contribution in [1.82, 2.24) is 4.72 Å². The number of rotatable bonds is 7. The fourth-order valence-electron chi connectivity index (χ4n) is 3.96. The number of carbonyl (C=O) groups is 1. The van der Waals surface area contributed by atoms with Crippen LogP contribution in [0.1, 0.15) is 23.6 Å². The topological polar surface area (TPSA) is 75.7 Å². The number of sulfonamides is 1. The molecule has 1 amide bonds. The molecule has 3 aromatic carbocycles. The number of ether oxygens (including phenoxy) is 1. The smallest absolute Gasteiger partial charge is 0.265 e. The summed E-state index contributed by atoms with van der Waals surface area (Å²) >= 11 is 0. The van der Waals surface area contributed by atoms with Crippen molar-refractivity contribution in [1.29, 1.82) is 0 Å². The summed E-state index contributed by atoms with van der Waals surface area (Å²) in [7, 11) is -3.66. The Balaban J connectivity index is 1.41. The molecular formula is C25H26N2O4S. The van der Waals surface area contributed by atoms with Crippen LogP contribution < -0.4 is 14.4 Å². The molecule has 32 heavy (non-hydrogen) atoms. The SMILES string of the molecule is Cc1cc(S(=O)(=O)NCc2ccccc2)ccc1OCC(=O)N1c2ccccc2C[C@H]1C. The van der Waals surface area contributed by atoms with E-state index in [-0.39, 0.29) is 30.0 Å². The molecular weight excluding hydrogens is 424 g/mol. The first-order valence-electron chi connectivity index (χ1n) is 10.5. The number of anilines is 1. The fraction of sp³-hybridized carbons (Fsp3) is 0.240. The number of benzene rings is 3. The number of nitrogens with zero attached hydrogens (tertiary/aromatic N) is 1. The number of para-hydroxylation sites is 1. The van der Waals surface area contributed by atoms with E-state index in [0.717, 1.165) is 23.2 Å². The van der Waals surface area contributed by atoms with Gasteiger partial charge in [-0.1, -0.05) is 48.5 Å². The molecule has 1 atom stereocenters. The minimum Gasteiger partial charge on any atom is -0.483 e. The van der Waals surface area contributed by atoms with Crippen LogP contribution in [0.4, 0.5) is 5.69 Å². The summed E-state index contributed by atoms with van der Waals surface area (Å²) in [5.74, 6) is 0.364. The molecule has 0 spiro atoms. The molecule has 6 nitrogen and oxygen atoms in total. The van der Waals surface area contributed by atoms with Gasteiger partial charge in [0.15, 0.2) is 6.61 Å². The maximum atomic E-state index is 12.8. The second-order valence-corrected chi connectivity index (χ2v) is 9.74. The largest absolute Gasteiger partial charge is 0.483 e. The first-order valence-corrected chi connectivity index (χ1v) is 12.0. The van der Waals surface area contributed by atoms with E-state index >= 15 is 0 Å². The van der Waals surface area contributed by atoms with Gasteiger partial charge in [-0.05, 0) is 61.2 Å². The highest BCUT2D eigenvalue weighted by Crippen LogP contribution is 2.32. The second-order valence-electron chi connectivity index (χ2n) is 7.97. The highest BCUT2D eigenvalue weighted by atomic mass is 32.2. The number of fused-ring (bicyclic) bond motifs is 1. The monoisotopic (exact) mass is 450 g/mol. The van der Waals surface area contributed by atoms with E-state index in [1.807, 2.05) is 61.5 Å². The molecule has 0 aliphatic carbocycles. The summed E-state index contributed by atoms with van der Waals surface area (Å²) in [6, 6.07) is 21.9. The zero-order chi connectivity index (χ0) is 22.7. The van der Waals surface area contributed by atoms with Gasteiger partial charge in [-0.15, -0.1) is 0 Å². The van der Waals surface area contributed by atoms with Gasteiger partial charge >= 0.3 is 0 Å². The Bertz CT molecular complexity index is 1230. The van der Waals surface area contributed by atoms with Gasteiger partial charge in [0.25, 0.3) is 5.91 Å². The van der Waals surface area contributed by atoms with Crippen molar-refractivity contribution in [2.45, 2.75) is 37.8 Å². The lowest BCUT2D eigenvalue weighted by atomic mass is 10.1. The Morgan fingerprint density at radius 1 is 1.06 bits per heavy atom. The molecule has 0 saturated heterocycles. The minimum absolute atomic E-state index is 0.0767. The molecule has 0 unspecified atom stereocenters. The van der Waals surface area contributed by atoms with Crippen LogP contribution in [-0.4, -0.2) is 27.0 Å². The van der Waals surface area contributed by atoms with Crippen LogP contribution in [0.3, 0.4) is 0 Å². The average Bonchev–Trinajstić information content (AvgIpc) is 3.13. The second kappa shape index (κ2) is 9.14. The van der Waals surface area contributed by atoms with Crippen LogP contribution in [0.25, 0.3) is 0 Å². The van der Waals surface area contributed by atoms with Crippen molar-refractivity contribution < 1.29 is 17.9 Å². The van der Waals surface area contributed by atoms with Gasteiger partial charge in [-0.3, -0.25) is 4.79 Å². The van der Waals surface area contributed by atoms with Gasteiger partial charge in [0, 0.05) is 18.3 Å². The number of nitrogens with one attached hydrogen (secondary N) is 1. The van der Waals surface area contributed by atoms with Gasteiger partial charge in [0.1, 0.15) is 5.75 Å². The quantitative estimate of drug-likeness (QED) is 0.594. The lowest BCUT2D eigenvalue weighted by molar-refractivity contribution is -0.120. The van der Waals surface area contributed by atoms with E-state index < -0.39 is 10.0 Å². The molecule has 0 radical (unpaired) electrons. The Morgan fingerprint density at radius 2 is 1.78 bits per heavy atom. The zero-order valence-electron chi connectivity index (χ0n) is 18.1. The molecule has 0 aromatic heterocycles. The summed E-state index contributed by atoms with van der Waals surface area (Å²) in [5.41, 5.74) is 3.61. The maximum Gasteiger partial charge on any atom is 0.265 e. The van der Waals surface area contributed by atoms with Gasteiger partial charge in [-0.2, -0.15) is 0 Å². The summed E-state index contributed by atoms with van der Waals surface area (Å²) in [5, 5.41) is 0. The highest BCUT2D eigenvalue weighted by Gasteiger charge is 2.30. The van der Waals surface area contributed by atoms with E-state index in [9.17, 15) is 13.2 Å². The molecule has 3 aromatic rings. The molecule has 1 aliphatic rings. The number of hydrogen-bond acceptors (Lipinski definition) is 4. The molecule has 166 valence electrons. The first-order chi connectivity index (χ1) is 15.3. The third kappa shape index (κ3) is 4.69. The number of amides is 1. The van der Waals surface area contributed by atoms with Crippen molar-refractivity contribution in [2.75, 3.05) is 11.5 Å². The van der Waals surface area contributed by atoms with Crippen molar-refractivity contribution in [3.05, 3.63) is 89.5 Å². The van der Waals surface area contributed by atoms with E-state index in [1.165, 1.54) is 6.07 Å². The van der Waals surface area contributed by atoms with E-state index in [4.69, 9.17) is 4.74 Å². The summed E-state index contributed by atoms with van der Waals surface area (Å²) in [6.07, 6.45) is 0.823. The lowest BCUT2D eigenvalue weighted by Crippen LogP contribution is -2.39. The van der Waals surface area contributed by atoms with Crippen LogP contribution in [0, 0.1) is 6.92 Å². The Labute approximate surface area is 188 Å². The number of carbonyl (C=O) groups excluding carboxylic acids is 1.